The van der Waals surface area contributed by atoms with Gasteiger partial charge in [-0.25, -0.2) is 0 Å². The quantitative estimate of drug-likeness (QED) is 0.440. The predicted molar refractivity (Wildman–Crippen MR) is 118 cm³/mol. The Morgan fingerprint density at radius 2 is 1.79 bits per heavy atom. The predicted octanol–water partition coefficient (Wildman–Crippen LogP) is 6.17. The van der Waals surface area contributed by atoms with Crippen molar-refractivity contribution in [1.29, 1.82) is 0 Å². The van der Waals surface area contributed by atoms with E-state index in [2.05, 4.69) is 10.3 Å². The van der Waals surface area contributed by atoms with Gasteiger partial charge in [-0.2, -0.15) is 13.2 Å². The fourth-order valence-electron chi connectivity index (χ4n) is 3.13. The van der Waals surface area contributed by atoms with E-state index in [-0.39, 0.29) is 39.0 Å². The molecular weight excluding hydrogens is 482 g/mol. The van der Waals surface area contributed by atoms with Gasteiger partial charge < -0.3 is 15.8 Å². The van der Waals surface area contributed by atoms with Gasteiger partial charge in [-0.05, 0) is 61.4 Å². The fraction of sp³-hybridized carbons (Fsp3) is 0.136. The minimum Gasteiger partial charge on any atom is -0.455 e. The number of amides is 2. The van der Waals surface area contributed by atoms with Gasteiger partial charge in [-0.3, -0.25) is 14.6 Å². The van der Waals surface area contributed by atoms with Crippen molar-refractivity contribution >= 4 is 40.7 Å². The third-order valence-corrected chi connectivity index (χ3v) is 5.13. The van der Waals surface area contributed by atoms with Gasteiger partial charge in [0.15, 0.2) is 0 Å². The Bertz CT molecular complexity index is 1240. The van der Waals surface area contributed by atoms with E-state index >= 15 is 0 Å². The number of carbonyl (C=O) groups excluding carboxylic acids is 2. The normalized spacial score (nSPS) is 11.2. The van der Waals surface area contributed by atoms with Crippen molar-refractivity contribution < 1.29 is 27.5 Å². The number of nitrogens with zero attached hydrogens (tertiary/aromatic N) is 1. The van der Waals surface area contributed by atoms with Crippen LogP contribution in [0.15, 0.2) is 42.6 Å². The Morgan fingerprint density at radius 1 is 1.09 bits per heavy atom. The molecule has 3 aromatic rings. The Hall–Kier alpha value is -3.30. The summed E-state index contributed by atoms with van der Waals surface area (Å²) in [6.45, 7) is 2.80. The van der Waals surface area contributed by atoms with E-state index in [0.717, 1.165) is 19.1 Å². The highest BCUT2D eigenvalue weighted by atomic mass is 35.5. The van der Waals surface area contributed by atoms with Crippen LogP contribution < -0.4 is 15.8 Å². The topological polar surface area (TPSA) is 94.3 Å². The number of hydrogen-bond acceptors (Lipinski definition) is 4. The summed E-state index contributed by atoms with van der Waals surface area (Å²) >= 11 is 12.2. The average Bonchev–Trinajstić information content (AvgIpc) is 2.69. The summed E-state index contributed by atoms with van der Waals surface area (Å²) in [5.41, 5.74) is 3.94. The lowest BCUT2D eigenvalue weighted by molar-refractivity contribution is -0.138. The van der Waals surface area contributed by atoms with Crippen LogP contribution in [0.5, 0.6) is 11.5 Å². The zero-order valence-electron chi connectivity index (χ0n) is 17.2. The SMILES string of the molecule is Cc1cc(Cl)cc(Cl)c1Oc1ccc(C(F)(F)F)c(C)c1C(=O)Nc1ccnc(C(N)=O)c1. The van der Waals surface area contributed by atoms with Crippen LogP contribution >= 0.6 is 23.2 Å². The number of benzene rings is 2. The van der Waals surface area contributed by atoms with Crippen LogP contribution in [0.4, 0.5) is 18.9 Å². The molecule has 0 bridgehead atoms. The number of nitrogens with two attached hydrogens (primary N) is 1. The minimum absolute atomic E-state index is 0.104. The number of rotatable bonds is 5. The lowest BCUT2D eigenvalue weighted by Gasteiger charge is -2.19. The largest absolute Gasteiger partial charge is 0.455 e. The van der Waals surface area contributed by atoms with Crippen molar-refractivity contribution in [3.63, 3.8) is 0 Å². The second-order valence-corrected chi connectivity index (χ2v) is 7.84. The molecule has 3 rings (SSSR count). The number of alkyl halides is 3. The first kappa shape index (κ1) is 24.3. The lowest BCUT2D eigenvalue weighted by atomic mass is 9.99. The molecule has 0 saturated carbocycles. The molecular formula is C22H16Cl2F3N3O3. The molecule has 0 aliphatic carbocycles. The second-order valence-electron chi connectivity index (χ2n) is 6.99. The molecule has 0 unspecified atom stereocenters. The number of aromatic nitrogens is 1. The van der Waals surface area contributed by atoms with Gasteiger partial charge in [0.05, 0.1) is 16.1 Å². The van der Waals surface area contributed by atoms with Crippen LogP contribution in [0.2, 0.25) is 10.0 Å². The van der Waals surface area contributed by atoms with Crippen molar-refractivity contribution in [2.24, 2.45) is 5.73 Å². The first-order valence-corrected chi connectivity index (χ1v) is 10.1. The first-order valence-electron chi connectivity index (χ1n) is 9.30. The van der Waals surface area contributed by atoms with Crippen LogP contribution in [0.1, 0.15) is 37.5 Å². The number of primary amides is 1. The number of nitrogens with one attached hydrogen (secondary N) is 1. The maximum absolute atomic E-state index is 13.5. The van der Waals surface area contributed by atoms with Crippen LogP contribution in [0.3, 0.4) is 0 Å². The Morgan fingerprint density at radius 3 is 2.39 bits per heavy atom. The molecule has 1 aromatic heterocycles. The third-order valence-electron chi connectivity index (χ3n) is 4.64. The maximum Gasteiger partial charge on any atom is 0.416 e. The van der Waals surface area contributed by atoms with Crippen molar-refractivity contribution in [2.45, 2.75) is 20.0 Å². The second kappa shape index (κ2) is 9.29. The molecule has 0 aliphatic heterocycles. The molecule has 0 spiro atoms. The van der Waals surface area contributed by atoms with Gasteiger partial charge in [-0.1, -0.05) is 23.2 Å². The summed E-state index contributed by atoms with van der Waals surface area (Å²) in [4.78, 5) is 28.2. The van der Waals surface area contributed by atoms with Crippen LogP contribution in [0.25, 0.3) is 0 Å². The molecule has 11 heteroatoms. The fourth-order valence-corrected chi connectivity index (χ4v) is 3.76. The van der Waals surface area contributed by atoms with E-state index in [1.165, 1.54) is 24.4 Å². The number of halogens is 5. The Balaban J connectivity index is 2.10. The highest BCUT2D eigenvalue weighted by Gasteiger charge is 2.35. The zero-order chi connectivity index (χ0) is 24.5. The molecule has 2 aromatic carbocycles. The third kappa shape index (κ3) is 5.37. The smallest absolute Gasteiger partial charge is 0.416 e. The van der Waals surface area contributed by atoms with E-state index in [4.69, 9.17) is 33.7 Å². The molecule has 6 nitrogen and oxygen atoms in total. The molecule has 33 heavy (non-hydrogen) atoms. The van der Waals surface area contributed by atoms with E-state index in [0.29, 0.717) is 10.6 Å². The monoisotopic (exact) mass is 497 g/mol. The molecule has 0 fully saturated rings. The Kier molecular flexibility index (Phi) is 6.85. The standard InChI is InChI=1S/C22H16Cl2F3N3O3/c1-10-7-12(23)8-15(24)19(10)33-17-4-3-14(22(25,26)27)11(2)18(17)21(32)30-13-5-6-29-16(9-13)20(28)31/h3-9H,1-2H3,(H2,28,31)(H,29,30,32). The first-order chi connectivity index (χ1) is 15.4. The summed E-state index contributed by atoms with van der Waals surface area (Å²) in [5.74, 6) is -1.76. The summed E-state index contributed by atoms with van der Waals surface area (Å²) in [5, 5.41) is 2.91. The van der Waals surface area contributed by atoms with Gasteiger partial charge in [0.2, 0.25) is 0 Å². The van der Waals surface area contributed by atoms with E-state index < -0.39 is 23.6 Å². The molecule has 2 amide bonds. The summed E-state index contributed by atoms with van der Waals surface area (Å²) in [7, 11) is 0. The molecule has 172 valence electrons. The van der Waals surface area contributed by atoms with Gasteiger partial charge in [-0.15, -0.1) is 0 Å². The summed E-state index contributed by atoms with van der Waals surface area (Å²) in [6, 6.07) is 7.37. The van der Waals surface area contributed by atoms with Crippen molar-refractivity contribution in [3.05, 3.63) is 80.6 Å². The minimum atomic E-state index is -4.71. The summed E-state index contributed by atoms with van der Waals surface area (Å²) < 4.78 is 46.4. The van der Waals surface area contributed by atoms with Gasteiger partial charge in [0.1, 0.15) is 17.2 Å². The number of aryl methyl sites for hydroxylation is 1. The highest BCUT2D eigenvalue weighted by molar-refractivity contribution is 6.35. The summed E-state index contributed by atoms with van der Waals surface area (Å²) in [6.07, 6.45) is -3.48. The van der Waals surface area contributed by atoms with Gasteiger partial charge in [0.25, 0.3) is 11.8 Å². The van der Waals surface area contributed by atoms with Crippen LogP contribution in [-0.4, -0.2) is 16.8 Å². The zero-order valence-corrected chi connectivity index (χ0v) is 18.7. The number of anilines is 1. The Labute approximate surface area is 196 Å². The highest BCUT2D eigenvalue weighted by Crippen LogP contribution is 2.40. The van der Waals surface area contributed by atoms with E-state index in [1.54, 1.807) is 13.0 Å². The number of pyridine rings is 1. The molecule has 0 aliphatic rings. The number of carbonyl (C=O) groups is 2. The van der Waals surface area contributed by atoms with Gasteiger partial charge >= 0.3 is 6.18 Å². The van der Waals surface area contributed by atoms with E-state index in [1.807, 2.05) is 0 Å². The lowest BCUT2D eigenvalue weighted by Crippen LogP contribution is -2.19. The van der Waals surface area contributed by atoms with E-state index in [9.17, 15) is 22.8 Å². The molecule has 1 heterocycles. The molecule has 3 N–H and O–H groups in total. The van der Waals surface area contributed by atoms with Crippen molar-refractivity contribution in [2.75, 3.05) is 5.32 Å². The maximum atomic E-state index is 13.5. The van der Waals surface area contributed by atoms with Crippen molar-refractivity contribution in [3.8, 4) is 11.5 Å². The van der Waals surface area contributed by atoms with Crippen LogP contribution in [0, 0.1) is 13.8 Å². The average molecular weight is 498 g/mol. The molecule has 0 atom stereocenters. The van der Waals surface area contributed by atoms with Gasteiger partial charge in [0, 0.05) is 16.9 Å². The molecule has 0 saturated heterocycles. The number of hydrogen-bond donors (Lipinski definition) is 2. The number of ether oxygens (including phenoxy) is 1. The van der Waals surface area contributed by atoms with Crippen LogP contribution in [-0.2, 0) is 6.18 Å². The molecule has 0 radical (unpaired) electrons. The van der Waals surface area contributed by atoms with Crippen molar-refractivity contribution in [1.82, 2.24) is 4.98 Å².